The number of amides is 2. The van der Waals surface area contributed by atoms with Crippen LogP contribution in [0.4, 0.5) is 10.5 Å². The van der Waals surface area contributed by atoms with E-state index in [1.165, 1.54) is 4.90 Å². The number of anilines is 1. The highest BCUT2D eigenvalue weighted by molar-refractivity contribution is 6.04. The maximum atomic E-state index is 13.0. The lowest BCUT2D eigenvalue weighted by molar-refractivity contribution is 0.0711. The minimum atomic E-state index is -0.862. The van der Waals surface area contributed by atoms with E-state index in [1.807, 2.05) is 61.5 Å². The summed E-state index contributed by atoms with van der Waals surface area (Å²) in [6.07, 6.45) is 0.836. The Hall–Kier alpha value is -3.91. The van der Waals surface area contributed by atoms with Gasteiger partial charge in [0.2, 0.25) is 0 Å². The molecule has 0 saturated carbocycles. The number of nitrogens with zero attached hydrogens (tertiary/aromatic N) is 4. The van der Waals surface area contributed by atoms with Gasteiger partial charge in [0.25, 0.3) is 5.91 Å². The molecule has 1 unspecified atom stereocenters. The summed E-state index contributed by atoms with van der Waals surface area (Å²) in [6, 6.07) is 19.2. The van der Waals surface area contributed by atoms with E-state index in [9.17, 15) is 14.7 Å². The Kier molecular flexibility index (Phi) is 7.31. The number of hydrogen-bond acceptors (Lipinski definition) is 5. The van der Waals surface area contributed by atoms with Crippen molar-refractivity contribution in [2.75, 3.05) is 38.7 Å². The molecule has 1 aromatic heterocycles. The molecule has 4 rings (SSSR count). The largest absolute Gasteiger partial charge is 0.497 e. The fraction of sp³-hybridized carbons (Fsp3) is 0.296. The summed E-state index contributed by atoms with van der Waals surface area (Å²) in [7, 11) is 3.37. The molecule has 0 bridgehead atoms. The van der Waals surface area contributed by atoms with Gasteiger partial charge in [-0.2, -0.15) is 0 Å². The molecule has 2 aromatic carbocycles. The third-order valence-corrected chi connectivity index (χ3v) is 6.38. The smallest absolute Gasteiger partial charge is 0.407 e. The average molecular weight is 475 g/mol. The number of carbonyl (C=O) groups excluding carboxylic acids is 1. The number of carboxylic acid groups (broad SMARTS) is 1. The van der Waals surface area contributed by atoms with Crippen molar-refractivity contribution in [3.63, 3.8) is 0 Å². The van der Waals surface area contributed by atoms with Gasteiger partial charge >= 0.3 is 6.09 Å². The molecule has 0 spiro atoms. The molecule has 1 fully saturated rings. The predicted molar refractivity (Wildman–Crippen MR) is 135 cm³/mol. The molecule has 0 radical (unpaired) electrons. The maximum absolute atomic E-state index is 13.0. The van der Waals surface area contributed by atoms with Crippen molar-refractivity contribution in [2.45, 2.75) is 19.5 Å². The third kappa shape index (κ3) is 5.60. The summed E-state index contributed by atoms with van der Waals surface area (Å²) in [5.74, 6) is 0.580. The normalized spacial score (nSPS) is 16.1. The van der Waals surface area contributed by atoms with E-state index in [4.69, 9.17) is 4.74 Å². The number of piperazine rings is 1. The number of aromatic nitrogens is 1. The van der Waals surface area contributed by atoms with Crippen LogP contribution in [0.25, 0.3) is 11.1 Å². The van der Waals surface area contributed by atoms with Crippen molar-refractivity contribution >= 4 is 17.7 Å². The zero-order chi connectivity index (χ0) is 24.9. The number of pyridine rings is 1. The van der Waals surface area contributed by atoms with Gasteiger partial charge in [-0.1, -0.05) is 30.3 Å². The van der Waals surface area contributed by atoms with Gasteiger partial charge < -0.3 is 19.6 Å². The standard InChI is InChI=1S/C27H30N4O4/c1-19-17-30(13-14-31(19)27(33)34)18-20-7-10-23(11-8-20)29(2)26(32)25-12-9-22(16-28-25)21-5-4-6-24(15-21)35-3/h4-12,15-16,19H,13-14,17-18H2,1-3H3,(H,33,34). The predicted octanol–water partition coefficient (Wildman–Crippen LogP) is 4.22. The molecular formula is C27H30N4O4. The van der Waals surface area contributed by atoms with Gasteiger partial charge in [0.05, 0.1) is 7.11 Å². The second-order valence-electron chi connectivity index (χ2n) is 8.75. The summed E-state index contributed by atoms with van der Waals surface area (Å²) in [6.45, 7) is 4.58. The zero-order valence-corrected chi connectivity index (χ0v) is 20.2. The van der Waals surface area contributed by atoms with E-state index >= 15 is 0 Å². The topological polar surface area (TPSA) is 86.2 Å². The number of carbonyl (C=O) groups is 2. The lowest BCUT2D eigenvalue weighted by atomic mass is 10.1. The van der Waals surface area contributed by atoms with Crippen LogP contribution in [0.3, 0.4) is 0 Å². The van der Waals surface area contributed by atoms with Crippen LogP contribution in [0.5, 0.6) is 5.75 Å². The zero-order valence-electron chi connectivity index (χ0n) is 20.2. The third-order valence-electron chi connectivity index (χ3n) is 6.38. The first-order chi connectivity index (χ1) is 16.9. The molecule has 3 aromatic rings. The average Bonchev–Trinajstić information content (AvgIpc) is 2.88. The minimum absolute atomic E-state index is 0.0351. The van der Waals surface area contributed by atoms with Crippen molar-refractivity contribution in [1.82, 2.24) is 14.8 Å². The fourth-order valence-electron chi connectivity index (χ4n) is 4.33. The molecule has 1 aliphatic heterocycles. The van der Waals surface area contributed by atoms with Crippen LogP contribution in [0, 0.1) is 0 Å². The summed E-state index contributed by atoms with van der Waals surface area (Å²) >= 11 is 0. The summed E-state index contributed by atoms with van der Waals surface area (Å²) in [4.78, 5) is 34.0. The molecular weight excluding hydrogens is 444 g/mol. The first-order valence-corrected chi connectivity index (χ1v) is 11.5. The number of hydrogen-bond donors (Lipinski definition) is 1. The molecule has 2 amide bonds. The van der Waals surface area contributed by atoms with Crippen molar-refractivity contribution < 1.29 is 19.4 Å². The Bertz CT molecular complexity index is 1180. The van der Waals surface area contributed by atoms with E-state index in [-0.39, 0.29) is 11.9 Å². The first kappa shape index (κ1) is 24.2. The monoisotopic (exact) mass is 474 g/mol. The number of rotatable bonds is 6. The van der Waals surface area contributed by atoms with Gasteiger partial charge in [-0.25, -0.2) is 4.79 Å². The highest BCUT2D eigenvalue weighted by Crippen LogP contribution is 2.24. The molecule has 35 heavy (non-hydrogen) atoms. The fourth-order valence-corrected chi connectivity index (χ4v) is 4.33. The van der Waals surface area contributed by atoms with E-state index in [1.54, 1.807) is 31.3 Å². The molecule has 2 heterocycles. The quantitative estimate of drug-likeness (QED) is 0.576. The van der Waals surface area contributed by atoms with Crippen LogP contribution in [0.15, 0.2) is 66.9 Å². The van der Waals surface area contributed by atoms with E-state index < -0.39 is 6.09 Å². The Labute approximate surface area is 205 Å². The van der Waals surface area contributed by atoms with E-state index in [0.717, 1.165) is 34.7 Å². The van der Waals surface area contributed by atoms with Gasteiger partial charge in [0.1, 0.15) is 11.4 Å². The van der Waals surface area contributed by atoms with Gasteiger partial charge in [-0.3, -0.25) is 14.7 Å². The summed E-state index contributed by atoms with van der Waals surface area (Å²) in [5.41, 5.74) is 4.14. The number of methoxy groups -OCH3 is 1. The van der Waals surface area contributed by atoms with Crippen molar-refractivity contribution in [3.05, 3.63) is 78.1 Å². The highest BCUT2D eigenvalue weighted by atomic mass is 16.5. The van der Waals surface area contributed by atoms with Crippen LogP contribution < -0.4 is 9.64 Å². The molecule has 1 saturated heterocycles. The van der Waals surface area contributed by atoms with Crippen molar-refractivity contribution in [2.24, 2.45) is 0 Å². The van der Waals surface area contributed by atoms with Gasteiger partial charge in [-0.05, 0) is 48.4 Å². The summed E-state index contributed by atoms with van der Waals surface area (Å²) in [5, 5.41) is 9.25. The summed E-state index contributed by atoms with van der Waals surface area (Å²) < 4.78 is 5.28. The van der Waals surface area contributed by atoms with Crippen LogP contribution >= 0.6 is 0 Å². The van der Waals surface area contributed by atoms with E-state index in [0.29, 0.717) is 25.3 Å². The van der Waals surface area contributed by atoms with Crippen LogP contribution in [-0.4, -0.2) is 71.7 Å². The molecule has 8 nitrogen and oxygen atoms in total. The highest BCUT2D eigenvalue weighted by Gasteiger charge is 2.27. The molecule has 1 aliphatic rings. The Morgan fingerprint density at radius 1 is 1.09 bits per heavy atom. The maximum Gasteiger partial charge on any atom is 0.407 e. The lowest BCUT2D eigenvalue weighted by Crippen LogP contribution is -2.53. The molecule has 8 heteroatoms. The molecule has 182 valence electrons. The molecule has 1 atom stereocenters. The SMILES string of the molecule is COc1cccc(-c2ccc(C(=O)N(C)c3ccc(CN4CCN(C(=O)O)C(C)C4)cc3)nc2)c1. The lowest BCUT2D eigenvalue weighted by Gasteiger charge is -2.38. The number of benzene rings is 2. The minimum Gasteiger partial charge on any atom is -0.497 e. The first-order valence-electron chi connectivity index (χ1n) is 11.5. The second kappa shape index (κ2) is 10.6. The van der Waals surface area contributed by atoms with Gasteiger partial charge in [-0.15, -0.1) is 0 Å². The molecule has 0 aliphatic carbocycles. The van der Waals surface area contributed by atoms with Crippen molar-refractivity contribution in [1.29, 1.82) is 0 Å². The van der Waals surface area contributed by atoms with Crippen LogP contribution in [0.1, 0.15) is 23.0 Å². The van der Waals surface area contributed by atoms with Crippen LogP contribution in [0.2, 0.25) is 0 Å². The van der Waals surface area contributed by atoms with E-state index in [2.05, 4.69) is 9.88 Å². The Morgan fingerprint density at radius 2 is 1.86 bits per heavy atom. The van der Waals surface area contributed by atoms with Gasteiger partial charge in [0.15, 0.2) is 0 Å². The van der Waals surface area contributed by atoms with Crippen LogP contribution in [-0.2, 0) is 6.54 Å². The van der Waals surface area contributed by atoms with Gasteiger partial charge in [0, 0.05) is 56.7 Å². The molecule has 1 N–H and O–H groups in total. The Morgan fingerprint density at radius 3 is 2.49 bits per heavy atom. The number of ether oxygens (including phenoxy) is 1. The van der Waals surface area contributed by atoms with Crippen molar-refractivity contribution in [3.8, 4) is 16.9 Å². The Balaban J connectivity index is 1.38. The second-order valence-corrected chi connectivity index (χ2v) is 8.75.